The van der Waals surface area contributed by atoms with Crippen LogP contribution in [0, 0.1) is 40.4 Å². The van der Waals surface area contributed by atoms with Crippen molar-refractivity contribution in [2.24, 2.45) is 40.4 Å². The number of aliphatic hydroxyl groups is 1. The van der Waals surface area contributed by atoms with Gasteiger partial charge in [-0.1, -0.05) is 13.8 Å². The van der Waals surface area contributed by atoms with Crippen LogP contribution in [-0.4, -0.2) is 35.2 Å². The molecule has 4 rings (SSSR count). The van der Waals surface area contributed by atoms with E-state index in [9.17, 15) is 23.9 Å². The number of hydrogen-bond acceptors (Lipinski definition) is 4. The maximum atomic E-state index is 14.3. The van der Waals surface area contributed by atoms with Crippen molar-refractivity contribution in [3.8, 4) is 0 Å². The molecule has 0 spiro atoms. The number of aliphatic hydroxyl groups excluding tert-OH is 1. The Kier molecular flexibility index (Phi) is 3.77. The third kappa shape index (κ3) is 2.11. The molecule has 8 unspecified atom stereocenters. The maximum absolute atomic E-state index is 14.3. The van der Waals surface area contributed by atoms with E-state index in [1.54, 1.807) is 0 Å². The van der Waals surface area contributed by atoms with Gasteiger partial charge in [-0.25, -0.2) is 4.39 Å². The lowest BCUT2D eigenvalue weighted by molar-refractivity contribution is -0.170. The van der Waals surface area contributed by atoms with Gasteiger partial charge in [0.05, 0.1) is 6.61 Å². The van der Waals surface area contributed by atoms with E-state index in [2.05, 4.69) is 6.92 Å². The van der Waals surface area contributed by atoms with E-state index in [0.29, 0.717) is 19.3 Å². The van der Waals surface area contributed by atoms with Gasteiger partial charge in [-0.05, 0) is 48.9 Å². The summed E-state index contributed by atoms with van der Waals surface area (Å²) in [6.45, 7) is 3.73. The highest BCUT2D eigenvalue weighted by molar-refractivity contribution is 5.94. The highest BCUT2D eigenvalue weighted by Gasteiger charge is 2.66. The van der Waals surface area contributed by atoms with Crippen LogP contribution in [-0.2, 0) is 14.4 Å². The van der Waals surface area contributed by atoms with Crippen molar-refractivity contribution in [3.05, 3.63) is 0 Å². The largest absolute Gasteiger partial charge is 0.396 e. The average molecular weight is 350 g/mol. The fraction of sp³-hybridized carbons (Fsp3) is 0.850. The van der Waals surface area contributed by atoms with Crippen molar-refractivity contribution in [2.75, 3.05) is 6.61 Å². The van der Waals surface area contributed by atoms with Gasteiger partial charge < -0.3 is 5.11 Å². The molecule has 1 N–H and O–H groups in total. The zero-order chi connectivity index (χ0) is 18.1. The molecule has 0 aromatic heterocycles. The van der Waals surface area contributed by atoms with Crippen molar-refractivity contribution >= 4 is 17.3 Å². The lowest BCUT2D eigenvalue weighted by Gasteiger charge is -2.60. The summed E-state index contributed by atoms with van der Waals surface area (Å²) in [4.78, 5) is 37.7. The SMILES string of the molecule is CC12CCC3C(C(=O)C(CO)C4CC(=O)CCC43C)C1CC(F)C2=O. The van der Waals surface area contributed by atoms with Gasteiger partial charge in [0.15, 0.2) is 12.0 Å². The van der Waals surface area contributed by atoms with Crippen LogP contribution in [0.4, 0.5) is 4.39 Å². The molecule has 0 aromatic carbocycles. The standard InChI is InChI=1S/C20H27FO4/c1-19-5-3-10(23)7-13(19)11(9-22)17(24)16-12(19)4-6-20(2)14(16)8-15(21)18(20)25/h11-16,22H,3-9H2,1-2H3. The predicted molar refractivity (Wildman–Crippen MR) is 88.4 cm³/mol. The molecule has 0 aliphatic heterocycles. The van der Waals surface area contributed by atoms with Crippen LogP contribution in [0.15, 0.2) is 0 Å². The van der Waals surface area contributed by atoms with Crippen molar-refractivity contribution in [2.45, 2.75) is 58.5 Å². The number of carbonyl (C=O) groups is 3. The topological polar surface area (TPSA) is 71.4 Å². The van der Waals surface area contributed by atoms with Gasteiger partial charge in [0.1, 0.15) is 11.6 Å². The first kappa shape index (κ1) is 17.3. The Bertz CT molecular complexity index is 646. The van der Waals surface area contributed by atoms with Crippen molar-refractivity contribution < 1.29 is 23.9 Å². The summed E-state index contributed by atoms with van der Waals surface area (Å²) in [5.41, 5.74) is -0.928. The number of fused-ring (bicyclic) bond motifs is 5. The van der Waals surface area contributed by atoms with Crippen LogP contribution < -0.4 is 0 Å². The minimum absolute atomic E-state index is 0.0255. The first-order valence-corrected chi connectivity index (χ1v) is 9.58. The van der Waals surface area contributed by atoms with E-state index in [0.717, 1.165) is 12.8 Å². The molecule has 0 radical (unpaired) electrons. The highest BCUT2D eigenvalue weighted by Crippen LogP contribution is 2.65. The summed E-state index contributed by atoms with van der Waals surface area (Å²) >= 11 is 0. The van der Waals surface area contributed by atoms with Gasteiger partial charge in [-0.2, -0.15) is 0 Å². The molecule has 0 aromatic rings. The van der Waals surface area contributed by atoms with Crippen molar-refractivity contribution in [1.29, 1.82) is 0 Å². The second-order valence-corrected chi connectivity index (χ2v) is 9.31. The zero-order valence-corrected chi connectivity index (χ0v) is 15.0. The Morgan fingerprint density at radius 2 is 1.84 bits per heavy atom. The summed E-state index contributed by atoms with van der Waals surface area (Å²) in [5, 5.41) is 9.93. The highest BCUT2D eigenvalue weighted by atomic mass is 19.1. The fourth-order valence-corrected chi connectivity index (χ4v) is 6.93. The van der Waals surface area contributed by atoms with Crippen LogP contribution in [0.2, 0.25) is 0 Å². The second-order valence-electron chi connectivity index (χ2n) is 9.31. The Hall–Kier alpha value is -1.10. The molecule has 25 heavy (non-hydrogen) atoms. The number of carbonyl (C=O) groups excluding carboxylic acids is 3. The first-order valence-electron chi connectivity index (χ1n) is 9.58. The number of Topliss-reactive ketones (excluding diaryl/α,β-unsaturated/α-hetero) is 3. The van der Waals surface area contributed by atoms with Gasteiger partial charge >= 0.3 is 0 Å². The summed E-state index contributed by atoms with van der Waals surface area (Å²) in [7, 11) is 0. The van der Waals surface area contributed by atoms with Crippen molar-refractivity contribution in [1.82, 2.24) is 0 Å². The molecule has 0 heterocycles. The van der Waals surface area contributed by atoms with E-state index in [4.69, 9.17) is 0 Å². The second kappa shape index (κ2) is 5.45. The minimum atomic E-state index is -1.47. The smallest absolute Gasteiger partial charge is 0.173 e. The summed E-state index contributed by atoms with van der Waals surface area (Å²) in [6.07, 6.45) is 1.66. The lowest BCUT2D eigenvalue weighted by Crippen LogP contribution is -2.61. The summed E-state index contributed by atoms with van der Waals surface area (Å²) in [5.74, 6) is -1.37. The molecule has 0 bridgehead atoms. The normalized spacial score (nSPS) is 52.6. The quantitative estimate of drug-likeness (QED) is 0.789. The number of halogens is 1. The Morgan fingerprint density at radius 1 is 1.12 bits per heavy atom. The third-order valence-corrected chi connectivity index (χ3v) is 8.43. The summed E-state index contributed by atoms with van der Waals surface area (Å²) in [6, 6.07) is 0. The molecule has 0 amide bonds. The monoisotopic (exact) mass is 350 g/mol. The number of hydrogen-bond donors (Lipinski definition) is 1. The van der Waals surface area contributed by atoms with E-state index in [-0.39, 0.29) is 59.5 Å². The van der Waals surface area contributed by atoms with E-state index in [1.807, 2.05) is 6.92 Å². The predicted octanol–water partition coefficient (Wildman–Crippen LogP) is 2.51. The first-order chi connectivity index (χ1) is 11.7. The van der Waals surface area contributed by atoms with Gasteiger partial charge in [0, 0.05) is 30.1 Å². The molecule has 0 saturated heterocycles. The molecule has 4 nitrogen and oxygen atoms in total. The molecular weight excluding hydrogens is 323 g/mol. The van der Waals surface area contributed by atoms with Crippen LogP contribution in [0.1, 0.15) is 52.4 Å². The van der Waals surface area contributed by atoms with Crippen LogP contribution in [0.5, 0.6) is 0 Å². The zero-order valence-electron chi connectivity index (χ0n) is 15.0. The van der Waals surface area contributed by atoms with E-state index in [1.165, 1.54) is 0 Å². The molecular formula is C20H27FO4. The van der Waals surface area contributed by atoms with Crippen LogP contribution in [0.3, 0.4) is 0 Å². The molecule has 4 aliphatic carbocycles. The molecule has 4 aliphatic rings. The van der Waals surface area contributed by atoms with Gasteiger partial charge in [0.25, 0.3) is 0 Å². The molecule has 8 atom stereocenters. The summed E-state index contributed by atoms with van der Waals surface area (Å²) < 4.78 is 14.3. The van der Waals surface area contributed by atoms with Gasteiger partial charge in [-0.15, -0.1) is 0 Å². The third-order valence-electron chi connectivity index (χ3n) is 8.43. The van der Waals surface area contributed by atoms with E-state index < -0.39 is 17.5 Å². The van der Waals surface area contributed by atoms with Crippen LogP contribution in [0.25, 0.3) is 0 Å². The molecule has 5 heteroatoms. The Labute approximate surface area is 147 Å². The van der Waals surface area contributed by atoms with Crippen LogP contribution >= 0.6 is 0 Å². The molecule has 4 saturated carbocycles. The van der Waals surface area contributed by atoms with Gasteiger partial charge in [-0.3, -0.25) is 14.4 Å². The van der Waals surface area contributed by atoms with Gasteiger partial charge in [0.2, 0.25) is 0 Å². The average Bonchev–Trinajstić information content (AvgIpc) is 2.80. The molecule has 138 valence electrons. The number of rotatable bonds is 1. The fourth-order valence-electron chi connectivity index (χ4n) is 6.93. The molecule has 4 fully saturated rings. The van der Waals surface area contributed by atoms with Crippen molar-refractivity contribution in [3.63, 3.8) is 0 Å². The van der Waals surface area contributed by atoms with E-state index >= 15 is 0 Å². The Morgan fingerprint density at radius 3 is 2.52 bits per heavy atom. The number of ketones is 3. The lowest BCUT2D eigenvalue weighted by atomic mass is 9.43. The Balaban J connectivity index is 1.78. The minimum Gasteiger partial charge on any atom is -0.396 e. The maximum Gasteiger partial charge on any atom is 0.173 e. The number of alkyl halides is 1.